The first kappa shape index (κ1) is 14.0. The number of carbonyl (C=O) groups is 1. The van der Waals surface area contributed by atoms with E-state index in [2.05, 4.69) is 10.2 Å². The van der Waals surface area contributed by atoms with Crippen molar-refractivity contribution in [1.82, 2.24) is 15.1 Å². The fourth-order valence-corrected chi connectivity index (χ4v) is 3.11. The number of hydrogen-bond acceptors (Lipinski definition) is 4. The first-order valence-electron chi connectivity index (χ1n) is 7.76. The molecule has 3 aliphatic heterocycles. The summed E-state index contributed by atoms with van der Waals surface area (Å²) in [5.74, 6) is 0.235. The zero-order chi connectivity index (χ0) is 13.9. The van der Waals surface area contributed by atoms with Crippen LogP contribution < -0.4 is 5.32 Å². The smallest absolute Gasteiger partial charge is 0.249 e. The van der Waals surface area contributed by atoms with Gasteiger partial charge in [-0.15, -0.1) is 0 Å². The van der Waals surface area contributed by atoms with Gasteiger partial charge in [0.05, 0.1) is 6.10 Å². The molecule has 1 amide bonds. The topological polar surface area (TPSA) is 44.8 Å². The fraction of sp³-hybridized carbons (Fsp3) is 0.800. The van der Waals surface area contributed by atoms with Crippen molar-refractivity contribution in [3.8, 4) is 0 Å². The Morgan fingerprint density at radius 3 is 2.60 bits per heavy atom. The van der Waals surface area contributed by atoms with Crippen LogP contribution in [0.2, 0.25) is 0 Å². The van der Waals surface area contributed by atoms with E-state index in [1.165, 1.54) is 18.4 Å². The molecule has 3 saturated heterocycles. The predicted molar refractivity (Wildman–Crippen MR) is 77.6 cm³/mol. The number of nitrogens with one attached hydrogen (secondary N) is 1. The second-order valence-corrected chi connectivity index (χ2v) is 6.06. The Morgan fingerprint density at radius 2 is 2.05 bits per heavy atom. The molecular weight excluding hydrogens is 254 g/mol. The van der Waals surface area contributed by atoms with Crippen LogP contribution in [0.25, 0.3) is 0 Å². The van der Waals surface area contributed by atoms with Crippen molar-refractivity contribution >= 4 is 5.91 Å². The third-order valence-corrected chi connectivity index (χ3v) is 4.67. The van der Waals surface area contributed by atoms with Crippen LogP contribution in [0.3, 0.4) is 0 Å². The lowest BCUT2D eigenvalue weighted by Crippen LogP contribution is -2.51. The van der Waals surface area contributed by atoms with Gasteiger partial charge in [-0.05, 0) is 25.3 Å². The molecule has 20 heavy (non-hydrogen) atoms. The van der Waals surface area contributed by atoms with Gasteiger partial charge in [0.1, 0.15) is 0 Å². The summed E-state index contributed by atoms with van der Waals surface area (Å²) in [4.78, 5) is 16.8. The molecule has 3 heterocycles. The second-order valence-electron chi connectivity index (χ2n) is 6.06. The average Bonchev–Trinajstić information content (AvgIpc) is 2.89. The first-order chi connectivity index (χ1) is 9.74. The molecule has 0 aromatic rings. The lowest BCUT2D eigenvalue weighted by atomic mass is 10.0. The highest BCUT2D eigenvalue weighted by Crippen LogP contribution is 2.16. The molecule has 1 N–H and O–H groups in total. The van der Waals surface area contributed by atoms with Crippen molar-refractivity contribution < 1.29 is 9.53 Å². The summed E-state index contributed by atoms with van der Waals surface area (Å²) in [5.41, 5.74) is 2.23. The van der Waals surface area contributed by atoms with Crippen molar-refractivity contribution in [2.45, 2.75) is 25.9 Å². The highest BCUT2D eigenvalue weighted by atomic mass is 16.5. The molecule has 3 rings (SSSR count). The van der Waals surface area contributed by atoms with Crippen LogP contribution in [0.4, 0.5) is 0 Å². The molecule has 112 valence electrons. The standard InChI is InChI=1S/C15H25N3O2/c1-12(13-9-16-10-13)15(19)18-6-4-17(5-7-18)11-14-3-2-8-20-14/h14,16H,2-11H2,1H3. The van der Waals surface area contributed by atoms with Crippen molar-refractivity contribution in [1.29, 1.82) is 0 Å². The molecule has 3 aliphatic rings. The molecule has 1 atom stereocenters. The molecule has 0 aromatic carbocycles. The van der Waals surface area contributed by atoms with Crippen LogP contribution in [0, 0.1) is 0 Å². The van der Waals surface area contributed by atoms with Crippen LogP contribution in [0.1, 0.15) is 19.8 Å². The maximum absolute atomic E-state index is 12.4. The second kappa shape index (κ2) is 6.24. The van der Waals surface area contributed by atoms with E-state index in [-0.39, 0.29) is 5.91 Å². The zero-order valence-corrected chi connectivity index (χ0v) is 12.4. The minimum absolute atomic E-state index is 0.235. The van der Waals surface area contributed by atoms with E-state index in [4.69, 9.17) is 4.74 Å². The molecule has 0 aliphatic carbocycles. The maximum Gasteiger partial charge on any atom is 0.249 e. The molecule has 0 aromatic heterocycles. The summed E-state index contributed by atoms with van der Waals surface area (Å²) in [6.45, 7) is 9.35. The Hall–Kier alpha value is -0.910. The largest absolute Gasteiger partial charge is 0.377 e. The van der Waals surface area contributed by atoms with Crippen molar-refractivity contribution in [3.05, 3.63) is 11.1 Å². The van der Waals surface area contributed by atoms with Gasteiger partial charge in [-0.3, -0.25) is 9.69 Å². The van der Waals surface area contributed by atoms with Gasteiger partial charge in [-0.2, -0.15) is 0 Å². The van der Waals surface area contributed by atoms with Gasteiger partial charge in [0, 0.05) is 58.0 Å². The Morgan fingerprint density at radius 1 is 1.30 bits per heavy atom. The monoisotopic (exact) mass is 279 g/mol. The van der Waals surface area contributed by atoms with E-state index in [9.17, 15) is 4.79 Å². The zero-order valence-electron chi connectivity index (χ0n) is 12.4. The third-order valence-electron chi connectivity index (χ3n) is 4.67. The van der Waals surface area contributed by atoms with Crippen LogP contribution in [0.15, 0.2) is 11.1 Å². The number of rotatable bonds is 3. The summed E-state index contributed by atoms with van der Waals surface area (Å²) in [5, 5.41) is 3.20. The van der Waals surface area contributed by atoms with Crippen LogP contribution >= 0.6 is 0 Å². The van der Waals surface area contributed by atoms with Crippen LogP contribution in [-0.2, 0) is 9.53 Å². The number of carbonyl (C=O) groups excluding carboxylic acids is 1. The molecule has 0 saturated carbocycles. The van der Waals surface area contributed by atoms with Crippen LogP contribution in [0.5, 0.6) is 0 Å². The van der Waals surface area contributed by atoms with E-state index in [0.717, 1.165) is 58.0 Å². The van der Waals surface area contributed by atoms with Gasteiger partial charge >= 0.3 is 0 Å². The minimum atomic E-state index is 0.235. The summed E-state index contributed by atoms with van der Waals surface area (Å²) >= 11 is 0. The maximum atomic E-state index is 12.4. The lowest BCUT2D eigenvalue weighted by Gasteiger charge is -2.36. The summed E-state index contributed by atoms with van der Waals surface area (Å²) in [7, 11) is 0. The highest BCUT2D eigenvalue weighted by molar-refractivity contribution is 5.94. The van der Waals surface area contributed by atoms with Crippen LogP contribution in [-0.4, -0.2) is 74.2 Å². The van der Waals surface area contributed by atoms with Gasteiger partial charge in [0.2, 0.25) is 5.91 Å². The van der Waals surface area contributed by atoms with E-state index in [1.807, 2.05) is 11.8 Å². The minimum Gasteiger partial charge on any atom is -0.377 e. The molecule has 5 heteroatoms. The van der Waals surface area contributed by atoms with Gasteiger partial charge < -0.3 is 15.0 Å². The SMILES string of the molecule is CC(C(=O)N1CCN(CC2CCCO2)CC1)=C1CNC1. The van der Waals surface area contributed by atoms with Gasteiger partial charge in [0.25, 0.3) is 0 Å². The molecule has 1 unspecified atom stereocenters. The molecule has 5 nitrogen and oxygen atoms in total. The first-order valence-corrected chi connectivity index (χ1v) is 7.76. The van der Waals surface area contributed by atoms with E-state index >= 15 is 0 Å². The van der Waals surface area contributed by atoms with Crippen molar-refractivity contribution in [2.24, 2.45) is 0 Å². The predicted octanol–water partition coefficient (Wildman–Crippen LogP) is 0.229. The third kappa shape index (κ3) is 3.05. The number of nitrogens with zero attached hydrogens (tertiary/aromatic N) is 2. The molecular formula is C15H25N3O2. The Labute approximate surface area is 120 Å². The highest BCUT2D eigenvalue weighted by Gasteiger charge is 2.26. The van der Waals surface area contributed by atoms with E-state index < -0.39 is 0 Å². The quantitative estimate of drug-likeness (QED) is 0.751. The van der Waals surface area contributed by atoms with E-state index in [1.54, 1.807) is 0 Å². The Kier molecular flexibility index (Phi) is 4.38. The molecule has 0 bridgehead atoms. The number of hydrogen-bond donors (Lipinski definition) is 1. The molecule has 0 spiro atoms. The molecule has 0 radical (unpaired) electrons. The summed E-state index contributed by atoms with van der Waals surface area (Å²) in [6, 6.07) is 0. The fourth-order valence-electron chi connectivity index (χ4n) is 3.11. The van der Waals surface area contributed by atoms with E-state index in [0.29, 0.717) is 6.10 Å². The number of piperazine rings is 1. The molecule has 3 fully saturated rings. The number of amides is 1. The van der Waals surface area contributed by atoms with Gasteiger partial charge in [-0.25, -0.2) is 0 Å². The average molecular weight is 279 g/mol. The Bertz CT molecular complexity index is 388. The summed E-state index contributed by atoms with van der Waals surface area (Å²) in [6.07, 6.45) is 2.81. The summed E-state index contributed by atoms with van der Waals surface area (Å²) < 4.78 is 5.69. The van der Waals surface area contributed by atoms with Crippen molar-refractivity contribution in [3.63, 3.8) is 0 Å². The van der Waals surface area contributed by atoms with Gasteiger partial charge in [0.15, 0.2) is 0 Å². The Balaban J connectivity index is 1.46. The number of ether oxygens (including phenoxy) is 1. The van der Waals surface area contributed by atoms with Crippen molar-refractivity contribution in [2.75, 3.05) is 52.4 Å². The normalized spacial score (nSPS) is 27.6. The van der Waals surface area contributed by atoms with Gasteiger partial charge in [-0.1, -0.05) is 0 Å². The lowest BCUT2D eigenvalue weighted by molar-refractivity contribution is -0.129.